The second kappa shape index (κ2) is 10.1. The molecule has 0 unspecified atom stereocenters. The van der Waals surface area contributed by atoms with Crippen molar-refractivity contribution in [2.45, 2.75) is 25.3 Å². The number of halogens is 1. The molecular formula is C27H22ClN3O4S. The minimum Gasteiger partial charge on any atom is -0.480 e. The van der Waals surface area contributed by atoms with E-state index in [9.17, 15) is 14.7 Å². The van der Waals surface area contributed by atoms with Crippen LogP contribution in [0, 0.1) is 6.92 Å². The Balaban J connectivity index is 1.31. The zero-order chi connectivity index (χ0) is 25.2. The Morgan fingerprint density at radius 1 is 1.03 bits per heavy atom. The summed E-state index contributed by atoms with van der Waals surface area (Å²) in [6.45, 7) is 1.94. The monoisotopic (exact) mass is 519 g/mol. The van der Waals surface area contributed by atoms with Gasteiger partial charge in [-0.1, -0.05) is 77.5 Å². The van der Waals surface area contributed by atoms with Crippen LogP contribution in [0.2, 0.25) is 5.02 Å². The van der Waals surface area contributed by atoms with Crippen LogP contribution in [0.1, 0.15) is 27.6 Å². The van der Waals surface area contributed by atoms with Gasteiger partial charge in [0.25, 0.3) is 0 Å². The standard InChI is InChI=1S/C27H22ClN3O4S/c1-15-30-31-25(36-15)18-11-10-17(28)12-16(18)13-24(26(32)33)29-27(34)35-14-23-21-8-4-2-6-19(21)20-7-3-5-9-22(20)23/h2-12,23-24H,13-14H2,1H3,(H,29,34)(H,32,33)/t24-/m0/s1. The first kappa shape index (κ1) is 24.0. The van der Waals surface area contributed by atoms with Gasteiger partial charge in [-0.05, 0) is 46.9 Å². The molecule has 182 valence electrons. The highest BCUT2D eigenvalue weighted by atomic mass is 35.5. The molecule has 4 aromatic rings. The molecule has 0 radical (unpaired) electrons. The number of nitrogens with one attached hydrogen (secondary N) is 1. The van der Waals surface area contributed by atoms with Crippen molar-refractivity contribution in [3.63, 3.8) is 0 Å². The Bertz CT molecular complexity index is 1410. The van der Waals surface area contributed by atoms with E-state index >= 15 is 0 Å². The first-order chi connectivity index (χ1) is 17.4. The van der Waals surface area contributed by atoms with Gasteiger partial charge in [-0.15, -0.1) is 10.2 Å². The number of rotatable bonds is 7. The lowest BCUT2D eigenvalue weighted by molar-refractivity contribution is -0.139. The van der Waals surface area contributed by atoms with Crippen LogP contribution in [0.3, 0.4) is 0 Å². The molecule has 0 bridgehead atoms. The van der Waals surface area contributed by atoms with Crippen molar-refractivity contribution in [3.05, 3.63) is 93.5 Å². The van der Waals surface area contributed by atoms with Crippen molar-refractivity contribution in [1.82, 2.24) is 15.5 Å². The minimum atomic E-state index is -1.22. The molecule has 1 heterocycles. The fraction of sp³-hybridized carbons (Fsp3) is 0.185. The number of hydrogen-bond acceptors (Lipinski definition) is 6. The van der Waals surface area contributed by atoms with Gasteiger partial charge in [0.15, 0.2) is 0 Å². The van der Waals surface area contributed by atoms with Gasteiger partial charge in [0, 0.05) is 22.9 Å². The number of aliphatic carboxylic acids is 1. The average molecular weight is 520 g/mol. The van der Waals surface area contributed by atoms with Crippen molar-refractivity contribution in [1.29, 1.82) is 0 Å². The van der Waals surface area contributed by atoms with Gasteiger partial charge < -0.3 is 15.2 Å². The third-order valence-electron chi connectivity index (χ3n) is 6.18. The highest BCUT2D eigenvalue weighted by Gasteiger charge is 2.30. The van der Waals surface area contributed by atoms with E-state index in [1.807, 2.05) is 43.3 Å². The largest absolute Gasteiger partial charge is 0.480 e. The SMILES string of the molecule is Cc1nnc(-c2ccc(Cl)cc2C[C@H](NC(=O)OCC2c3ccccc3-c3ccccc32)C(=O)O)s1. The summed E-state index contributed by atoms with van der Waals surface area (Å²) in [7, 11) is 0. The van der Waals surface area contributed by atoms with E-state index in [-0.39, 0.29) is 18.9 Å². The zero-order valence-corrected chi connectivity index (χ0v) is 20.8. The van der Waals surface area contributed by atoms with Crippen molar-refractivity contribution < 1.29 is 19.4 Å². The lowest BCUT2D eigenvalue weighted by Crippen LogP contribution is -2.43. The van der Waals surface area contributed by atoms with E-state index in [2.05, 4.69) is 27.6 Å². The van der Waals surface area contributed by atoms with Crippen LogP contribution in [0.25, 0.3) is 21.7 Å². The number of aromatic nitrogens is 2. The van der Waals surface area contributed by atoms with Gasteiger partial charge >= 0.3 is 12.1 Å². The molecule has 1 aliphatic rings. The van der Waals surface area contributed by atoms with E-state index in [4.69, 9.17) is 16.3 Å². The highest BCUT2D eigenvalue weighted by molar-refractivity contribution is 7.14. The molecule has 3 aromatic carbocycles. The topological polar surface area (TPSA) is 101 Å². The quantitative estimate of drug-likeness (QED) is 0.325. The lowest BCUT2D eigenvalue weighted by atomic mass is 9.98. The van der Waals surface area contributed by atoms with E-state index in [0.717, 1.165) is 32.8 Å². The molecule has 36 heavy (non-hydrogen) atoms. The highest BCUT2D eigenvalue weighted by Crippen LogP contribution is 2.44. The summed E-state index contributed by atoms with van der Waals surface area (Å²) in [5, 5.41) is 22.4. The maximum absolute atomic E-state index is 12.7. The predicted molar refractivity (Wildman–Crippen MR) is 138 cm³/mol. The van der Waals surface area contributed by atoms with Crippen LogP contribution in [-0.4, -0.2) is 40.0 Å². The summed E-state index contributed by atoms with van der Waals surface area (Å²) in [5.41, 5.74) is 5.77. The van der Waals surface area contributed by atoms with Gasteiger partial charge in [0.2, 0.25) is 0 Å². The number of carbonyl (C=O) groups is 2. The van der Waals surface area contributed by atoms with Gasteiger partial charge in [0.1, 0.15) is 22.7 Å². The fourth-order valence-corrected chi connectivity index (χ4v) is 5.49. The second-order valence-corrected chi connectivity index (χ2v) is 10.1. The number of nitrogens with zero attached hydrogens (tertiary/aromatic N) is 2. The Hall–Kier alpha value is -3.75. The van der Waals surface area contributed by atoms with Crippen molar-refractivity contribution in [2.24, 2.45) is 0 Å². The molecular weight excluding hydrogens is 498 g/mol. The van der Waals surface area contributed by atoms with Gasteiger partial charge in [0.05, 0.1) is 0 Å². The number of carboxylic acid groups (broad SMARTS) is 1. The molecule has 1 atom stereocenters. The van der Waals surface area contributed by atoms with Crippen LogP contribution >= 0.6 is 22.9 Å². The number of alkyl carbamates (subject to hydrolysis) is 1. The maximum atomic E-state index is 12.7. The number of carboxylic acids is 1. The first-order valence-corrected chi connectivity index (χ1v) is 12.5. The molecule has 0 saturated carbocycles. The Morgan fingerprint density at radius 3 is 2.31 bits per heavy atom. The van der Waals surface area contributed by atoms with Gasteiger partial charge in [-0.25, -0.2) is 9.59 Å². The number of benzene rings is 3. The number of amides is 1. The number of aryl methyl sites for hydroxylation is 1. The predicted octanol–water partition coefficient (Wildman–Crippen LogP) is 5.70. The number of ether oxygens (including phenoxy) is 1. The Kier molecular flexibility index (Phi) is 6.71. The van der Waals surface area contributed by atoms with Crippen LogP contribution < -0.4 is 5.32 Å². The van der Waals surface area contributed by atoms with Gasteiger partial charge in [-0.3, -0.25) is 0 Å². The molecule has 9 heteroatoms. The molecule has 1 aliphatic carbocycles. The molecule has 0 aliphatic heterocycles. The van der Waals surface area contributed by atoms with Crippen LogP contribution in [0.4, 0.5) is 4.79 Å². The first-order valence-electron chi connectivity index (χ1n) is 11.3. The van der Waals surface area contributed by atoms with E-state index < -0.39 is 18.1 Å². The lowest BCUT2D eigenvalue weighted by Gasteiger charge is -2.18. The molecule has 0 saturated heterocycles. The third-order valence-corrected chi connectivity index (χ3v) is 7.29. The normalized spacial score (nSPS) is 13.1. The second-order valence-electron chi connectivity index (χ2n) is 8.49. The smallest absolute Gasteiger partial charge is 0.407 e. The summed E-state index contributed by atoms with van der Waals surface area (Å²) < 4.78 is 5.54. The molecule has 5 rings (SSSR count). The average Bonchev–Trinajstić information content (AvgIpc) is 3.43. The summed E-state index contributed by atoms with van der Waals surface area (Å²) in [5.74, 6) is -1.30. The van der Waals surface area contributed by atoms with Crippen molar-refractivity contribution in [3.8, 4) is 21.7 Å². The van der Waals surface area contributed by atoms with Crippen LogP contribution in [0.15, 0.2) is 66.7 Å². The summed E-state index contributed by atoms with van der Waals surface area (Å²) in [4.78, 5) is 24.7. The minimum absolute atomic E-state index is 0.00799. The van der Waals surface area contributed by atoms with Crippen molar-refractivity contribution >= 4 is 35.0 Å². The summed E-state index contributed by atoms with van der Waals surface area (Å²) >= 11 is 7.59. The van der Waals surface area contributed by atoms with Gasteiger partial charge in [-0.2, -0.15) is 0 Å². The van der Waals surface area contributed by atoms with E-state index in [0.29, 0.717) is 15.6 Å². The van der Waals surface area contributed by atoms with Crippen LogP contribution in [-0.2, 0) is 16.0 Å². The number of hydrogen-bond donors (Lipinski definition) is 2. The summed E-state index contributed by atoms with van der Waals surface area (Å²) in [6, 6.07) is 20.0. The molecule has 1 amide bonds. The third kappa shape index (κ3) is 4.82. The Morgan fingerprint density at radius 2 is 1.69 bits per heavy atom. The molecule has 1 aromatic heterocycles. The Labute approximate surface area is 216 Å². The number of fused-ring (bicyclic) bond motifs is 3. The van der Waals surface area contributed by atoms with Crippen molar-refractivity contribution in [2.75, 3.05) is 6.61 Å². The summed E-state index contributed by atoms with van der Waals surface area (Å²) in [6.07, 6.45) is -0.784. The maximum Gasteiger partial charge on any atom is 0.407 e. The van der Waals surface area contributed by atoms with E-state index in [1.54, 1.807) is 18.2 Å². The fourth-order valence-electron chi connectivity index (χ4n) is 4.55. The molecule has 7 nitrogen and oxygen atoms in total. The van der Waals surface area contributed by atoms with Crippen LogP contribution in [0.5, 0.6) is 0 Å². The zero-order valence-electron chi connectivity index (χ0n) is 19.3. The number of carbonyl (C=O) groups excluding carboxylic acids is 1. The molecule has 2 N–H and O–H groups in total. The molecule has 0 spiro atoms. The van der Waals surface area contributed by atoms with E-state index in [1.165, 1.54) is 11.3 Å². The molecule has 0 fully saturated rings.